The Morgan fingerprint density at radius 1 is 1.14 bits per heavy atom. The molecular weight excluding hydrogens is 264 g/mol. The minimum absolute atomic E-state index is 0.0883. The summed E-state index contributed by atoms with van der Waals surface area (Å²) in [5.41, 5.74) is 1.77. The van der Waals surface area contributed by atoms with E-state index in [1.54, 1.807) is 6.07 Å². The zero-order valence-corrected chi connectivity index (χ0v) is 11.9. The molecule has 0 fully saturated rings. The summed E-state index contributed by atoms with van der Waals surface area (Å²) in [6.45, 7) is 2.81. The van der Waals surface area contributed by atoms with Crippen LogP contribution in [0.4, 0.5) is 0 Å². The van der Waals surface area contributed by atoms with E-state index in [4.69, 9.17) is 0 Å². The van der Waals surface area contributed by atoms with Gasteiger partial charge in [-0.1, -0.05) is 24.3 Å². The Kier molecular flexibility index (Phi) is 3.83. The normalized spacial score (nSPS) is 12.6. The van der Waals surface area contributed by atoms with Gasteiger partial charge in [0, 0.05) is 30.8 Å². The van der Waals surface area contributed by atoms with Crippen LogP contribution in [0.3, 0.4) is 0 Å². The average molecular weight is 282 g/mol. The van der Waals surface area contributed by atoms with Crippen LogP contribution in [0.5, 0.6) is 5.75 Å². The van der Waals surface area contributed by atoms with E-state index in [9.17, 15) is 5.11 Å². The van der Waals surface area contributed by atoms with E-state index >= 15 is 0 Å². The van der Waals surface area contributed by atoms with Gasteiger partial charge in [-0.05, 0) is 25.1 Å². The molecule has 3 rings (SSSR count). The number of fused-ring (bicyclic) bond motifs is 1. The van der Waals surface area contributed by atoms with Gasteiger partial charge in [-0.3, -0.25) is 4.40 Å². The average Bonchev–Trinajstić information content (AvgIpc) is 2.91. The van der Waals surface area contributed by atoms with Crippen LogP contribution in [-0.2, 0) is 6.42 Å². The van der Waals surface area contributed by atoms with Gasteiger partial charge >= 0.3 is 0 Å². The van der Waals surface area contributed by atoms with Gasteiger partial charge in [-0.15, -0.1) is 10.2 Å². The van der Waals surface area contributed by atoms with Gasteiger partial charge in [0.25, 0.3) is 0 Å². The lowest BCUT2D eigenvalue weighted by Crippen LogP contribution is -2.22. The monoisotopic (exact) mass is 282 g/mol. The first-order chi connectivity index (χ1) is 10.3. The van der Waals surface area contributed by atoms with Gasteiger partial charge in [0.05, 0.1) is 0 Å². The third-order valence-corrected chi connectivity index (χ3v) is 3.59. The number of benzene rings is 1. The largest absolute Gasteiger partial charge is 0.508 e. The Labute approximate surface area is 123 Å². The first kappa shape index (κ1) is 13.6. The minimum atomic E-state index is 0.0883. The van der Waals surface area contributed by atoms with E-state index < -0.39 is 0 Å². The Balaban J connectivity index is 1.62. The Bertz CT molecular complexity index is 738. The van der Waals surface area contributed by atoms with Crippen LogP contribution in [0.15, 0.2) is 48.7 Å². The standard InChI is InChI=1S/C16H18N4O/c1-12(13-6-2-3-7-14(13)21)17-10-9-16-19-18-15-8-4-5-11-20(15)16/h2-8,11-12,17,21H,9-10H2,1H3. The highest BCUT2D eigenvalue weighted by molar-refractivity contribution is 5.37. The Morgan fingerprint density at radius 2 is 1.95 bits per heavy atom. The molecule has 21 heavy (non-hydrogen) atoms. The van der Waals surface area contributed by atoms with Gasteiger partial charge in [0.1, 0.15) is 11.6 Å². The SMILES string of the molecule is CC(NCCc1nnc2ccccn12)c1ccccc1O. The zero-order chi connectivity index (χ0) is 14.7. The fraction of sp³-hybridized carbons (Fsp3) is 0.250. The van der Waals surface area contributed by atoms with Gasteiger partial charge in [0.15, 0.2) is 5.65 Å². The van der Waals surface area contributed by atoms with Crippen LogP contribution >= 0.6 is 0 Å². The van der Waals surface area contributed by atoms with Crippen molar-refractivity contribution in [2.45, 2.75) is 19.4 Å². The molecule has 2 heterocycles. The second-order valence-electron chi connectivity index (χ2n) is 5.03. The molecule has 0 saturated heterocycles. The third-order valence-electron chi connectivity index (χ3n) is 3.59. The Hall–Kier alpha value is -2.40. The minimum Gasteiger partial charge on any atom is -0.508 e. The van der Waals surface area contributed by atoms with Crippen LogP contribution in [-0.4, -0.2) is 26.2 Å². The number of aromatic hydroxyl groups is 1. The van der Waals surface area contributed by atoms with E-state index in [1.165, 1.54) is 0 Å². The van der Waals surface area contributed by atoms with Crippen molar-refractivity contribution in [2.24, 2.45) is 0 Å². The lowest BCUT2D eigenvalue weighted by Gasteiger charge is -2.15. The zero-order valence-electron chi connectivity index (χ0n) is 11.9. The van der Waals surface area contributed by atoms with Crippen molar-refractivity contribution in [1.29, 1.82) is 0 Å². The maximum atomic E-state index is 9.84. The van der Waals surface area contributed by atoms with Gasteiger partial charge < -0.3 is 10.4 Å². The maximum absolute atomic E-state index is 9.84. The second-order valence-corrected chi connectivity index (χ2v) is 5.03. The van der Waals surface area contributed by atoms with Gasteiger partial charge in [-0.2, -0.15) is 0 Å². The topological polar surface area (TPSA) is 62.5 Å². The maximum Gasteiger partial charge on any atom is 0.160 e. The molecule has 0 aliphatic carbocycles. The fourth-order valence-corrected chi connectivity index (χ4v) is 2.43. The highest BCUT2D eigenvalue weighted by atomic mass is 16.3. The van der Waals surface area contributed by atoms with Gasteiger partial charge in [0.2, 0.25) is 0 Å². The molecule has 2 aromatic heterocycles. The molecule has 5 nitrogen and oxygen atoms in total. The summed E-state index contributed by atoms with van der Waals surface area (Å²) >= 11 is 0. The van der Waals surface area contributed by atoms with Crippen molar-refractivity contribution in [3.8, 4) is 5.75 Å². The predicted molar refractivity (Wildman–Crippen MR) is 81.2 cm³/mol. The number of nitrogens with zero attached hydrogens (tertiary/aromatic N) is 3. The molecule has 1 unspecified atom stereocenters. The molecule has 1 atom stereocenters. The number of rotatable bonds is 5. The summed E-state index contributed by atoms with van der Waals surface area (Å²) in [6.07, 6.45) is 2.75. The quantitative estimate of drug-likeness (QED) is 0.754. The van der Waals surface area contributed by atoms with E-state index in [2.05, 4.69) is 15.5 Å². The molecule has 0 bridgehead atoms. The molecule has 108 valence electrons. The number of phenols is 1. The summed E-state index contributed by atoms with van der Waals surface area (Å²) in [4.78, 5) is 0. The number of hydrogen-bond donors (Lipinski definition) is 2. The lowest BCUT2D eigenvalue weighted by molar-refractivity contribution is 0.452. The molecule has 0 saturated carbocycles. The molecule has 2 N–H and O–H groups in total. The second kappa shape index (κ2) is 5.93. The fourth-order valence-electron chi connectivity index (χ4n) is 2.43. The van der Waals surface area contributed by atoms with Crippen molar-refractivity contribution in [3.63, 3.8) is 0 Å². The van der Waals surface area contributed by atoms with Crippen LogP contribution in [0.1, 0.15) is 24.4 Å². The van der Waals surface area contributed by atoms with Crippen molar-refractivity contribution >= 4 is 5.65 Å². The van der Waals surface area contributed by atoms with E-state index in [1.807, 2.05) is 53.9 Å². The van der Waals surface area contributed by atoms with Crippen LogP contribution < -0.4 is 5.32 Å². The molecule has 3 aromatic rings. The first-order valence-electron chi connectivity index (χ1n) is 7.05. The number of hydrogen-bond acceptors (Lipinski definition) is 4. The molecule has 0 spiro atoms. The number of phenolic OH excluding ortho intramolecular Hbond substituents is 1. The molecular formula is C16H18N4O. The number of aromatic nitrogens is 3. The van der Waals surface area contributed by atoms with Crippen molar-refractivity contribution < 1.29 is 5.11 Å². The highest BCUT2D eigenvalue weighted by Gasteiger charge is 2.10. The molecule has 0 aliphatic rings. The molecule has 0 aliphatic heterocycles. The number of para-hydroxylation sites is 1. The summed E-state index contributed by atoms with van der Waals surface area (Å²) in [6, 6.07) is 13.3. The van der Waals surface area contributed by atoms with Crippen molar-refractivity contribution in [3.05, 3.63) is 60.0 Å². The smallest absolute Gasteiger partial charge is 0.160 e. The third kappa shape index (κ3) is 2.87. The highest BCUT2D eigenvalue weighted by Crippen LogP contribution is 2.22. The summed E-state index contributed by atoms with van der Waals surface area (Å²) in [7, 11) is 0. The number of pyridine rings is 1. The summed E-state index contributed by atoms with van der Waals surface area (Å²) in [5.74, 6) is 1.26. The van der Waals surface area contributed by atoms with E-state index in [0.717, 1.165) is 30.0 Å². The van der Waals surface area contributed by atoms with Crippen molar-refractivity contribution in [2.75, 3.05) is 6.54 Å². The summed E-state index contributed by atoms with van der Waals surface area (Å²) in [5, 5.41) is 21.6. The Morgan fingerprint density at radius 3 is 2.81 bits per heavy atom. The van der Waals surface area contributed by atoms with Crippen LogP contribution in [0, 0.1) is 0 Å². The van der Waals surface area contributed by atoms with Crippen molar-refractivity contribution in [1.82, 2.24) is 19.9 Å². The molecule has 5 heteroatoms. The van der Waals surface area contributed by atoms with Gasteiger partial charge in [-0.25, -0.2) is 0 Å². The number of nitrogens with one attached hydrogen (secondary N) is 1. The molecule has 0 amide bonds. The van der Waals surface area contributed by atoms with E-state index in [0.29, 0.717) is 5.75 Å². The summed E-state index contributed by atoms with van der Waals surface area (Å²) < 4.78 is 1.99. The first-order valence-corrected chi connectivity index (χ1v) is 7.05. The van der Waals surface area contributed by atoms with E-state index in [-0.39, 0.29) is 6.04 Å². The predicted octanol–water partition coefficient (Wildman–Crippen LogP) is 2.33. The van der Waals surface area contributed by atoms with Crippen LogP contribution in [0.25, 0.3) is 5.65 Å². The molecule has 0 radical (unpaired) electrons. The lowest BCUT2D eigenvalue weighted by atomic mass is 10.1. The van der Waals surface area contributed by atoms with Crippen LogP contribution in [0.2, 0.25) is 0 Å². The molecule has 1 aromatic carbocycles.